The first-order valence-electron chi connectivity index (χ1n) is 7.55. The topological polar surface area (TPSA) is 26.3 Å². The van der Waals surface area contributed by atoms with E-state index in [0.29, 0.717) is 11.5 Å². The monoisotopic (exact) mass is 314 g/mol. The average molecular weight is 315 g/mol. The van der Waals surface area contributed by atoms with Gasteiger partial charge in [-0.15, -0.1) is 0 Å². The second kappa shape index (κ2) is 7.58. The van der Waals surface area contributed by atoms with Crippen molar-refractivity contribution in [2.45, 2.75) is 70.7 Å². The molecule has 0 spiro atoms. The van der Waals surface area contributed by atoms with Gasteiger partial charge in [0, 0.05) is 6.42 Å². The van der Waals surface area contributed by atoms with Crippen molar-refractivity contribution < 1.29 is 9.22 Å². The summed E-state index contributed by atoms with van der Waals surface area (Å²) in [6.45, 7) is 8.64. The van der Waals surface area contributed by atoms with Gasteiger partial charge >= 0.3 is 0 Å². The molecule has 0 saturated heterocycles. The Morgan fingerprint density at radius 3 is 2.55 bits per heavy atom. The van der Waals surface area contributed by atoms with Crippen molar-refractivity contribution in [3.63, 3.8) is 0 Å². The number of halogens is 1. The lowest BCUT2D eigenvalue weighted by molar-refractivity contribution is -0.116. The number of carbonyl (C=O) groups is 1. The summed E-state index contributed by atoms with van der Waals surface area (Å²) in [5, 5.41) is 0.336. The molecule has 0 saturated carbocycles. The third kappa shape index (κ3) is 5.94. The fourth-order valence-electron chi connectivity index (χ4n) is 2.48. The molecule has 0 aromatic heterocycles. The zero-order valence-electron chi connectivity index (χ0n) is 13.2. The fraction of sp³-hybridized carbons (Fsp3) is 0.688. The number of allylic oxidation sites excluding steroid dienone is 2. The van der Waals surface area contributed by atoms with Crippen molar-refractivity contribution in [3.05, 3.63) is 23.3 Å². The summed E-state index contributed by atoms with van der Waals surface area (Å²) in [7, 11) is -1.72. The van der Waals surface area contributed by atoms with Crippen molar-refractivity contribution in [2.24, 2.45) is 0 Å². The highest BCUT2D eigenvalue weighted by atomic mass is 35.5. The smallest absolute Gasteiger partial charge is 0.184 e. The van der Waals surface area contributed by atoms with Crippen molar-refractivity contribution in [2.75, 3.05) is 0 Å². The lowest BCUT2D eigenvalue weighted by Gasteiger charge is -2.33. The molecular formula is C16H27ClO2Si. The number of carbonyl (C=O) groups excluding carboxylic acids is 1. The Balaban J connectivity index is 2.64. The van der Waals surface area contributed by atoms with Crippen LogP contribution in [0.3, 0.4) is 0 Å². The van der Waals surface area contributed by atoms with E-state index < -0.39 is 13.9 Å². The molecule has 1 atom stereocenters. The molecule has 0 heterocycles. The number of Topliss-reactive ketones (excluding diaryl/α,β-unsaturated/α-hetero) is 1. The molecule has 1 rings (SSSR count). The molecule has 1 aliphatic carbocycles. The van der Waals surface area contributed by atoms with Gasteiger partial charge in [0.15, 0.2) is 14.1 Å². The van der Waals surface area contributed by atoms with Gasteiger partial charge in [0.2, 0.25) is 0 Å². The van der Waals surface area contributed by atoms with Crippen molar-refractivity contribution in [3.8, 4) is 0 Å². The van der Waals surface area contributed by atoms with Gasteiger partial charge in [0.05, 0.1) is 10.6 Å². The maximum absolute atomic E-state index is 11.8. The van der Waals surface area contributed by atoms with Crippen molar-refractivity contribution >= 4 is 25.7 Å². The van der Waals surface area contributed by atoms with Crippen LogP contribution in [-0.4, -0.2) is 19.7 Å². The van der Waals surface area contributed by atoms with Crippen LogP contribution in [0.2, 0.25) is 19.6 Å². The van der Waals surface area contributed by atoms with E-state index in [9.17, 15) is 4.79 Å². The van der Waals surface area contributed by atoms with E-state index in [1.165, 1.54) is 19.3 Å². The second-order valence-electron chi connectivity index (χ2n) is 6.54. The van der Waals surface area contributed by atoms with Gasteiger partial charge in [0.1, 0.15) is 0 Å². The molecule has 0 bridgehead atoms. The minimum absolute atomic E-state index is 0.00398. The second-order valence-corrected chi connectivity index (χ2v) is 11.4. The Morgan fingerprint density at radius 2 is 2.05 bits per heavy atom. The highest BCUT2D eigenvalue weighted by molar-refractivity contribution is 6.69. The summed E-state index contributed by atoms with van der Waals surface area (Å²) < 4.78 is 6.26. The molecule has 0 unspecified atom stereocenters. The molecule has 0 radical (unpaired) electrons. The average Bonchev–Trinajstić information content (AvgIpc) is 2.57. The van der Waals surface area contributed by atoms with Gasteiger partial charge in [-0.1, -0.05) is 43.5 Å². The molecule has 0 fully saturated rings. The van der Waals surface area contributed by atoms with E-state index >= 15 is 0 Å². The van der Waals surface area contributed by atoms with E-state index in [0.717, 1.165) is 12.8 Å². The Labute approximate surface area is 129 Å². The van der Waals surface area contributed by atoms with E-state index in [1.54, 1.807) is 0 Å². The third-order valence-electron chi connectivity index (χ3n) is 3.23. The van der Waals surface area contributed by atoms with E-state index in [1.807, 2.05) is 6.08 Å². The van der Waals surface area contributed by atoms with Crippen LogP contribution in [0.25, 0.3) is 0 Å². The molecule has 114 valence electrons. The minimum atomic E-state index is -1.72. The van der Waals surface area contributed by atoms with Gasteiger partial charge in [-0.3, -0.25) is 4.79 Å². The van der Waals surface area contributed by atoms with Gasteiger partial charge in [-0.2, -0.15) is 0 Å². The van der Waals surface area contributed by atoms with Gasteiger partial charge in [0.25, 0.3) is 0 Å². The summed E-state index contributed by atoms with van der Waals surface area (Å²) in [6.07, 6.45) is 12.1. The lowest BCUT2D eigenvalue weighted by Crippen LogP contribution is -2.40. The molecule has 0 aliphatic heterocycles. The number of rotatable bonds is 8. The molecule has 0 N–H and O–H groups in total. The Hall–Kier alpha value is -0.383. The first-order chi connectivity index (χ1) is 9.28. The Morgan fingerprint density at radius 1 is 1.35 bits per heavy atom. The lowest BCUT2D eigenvalue weighted by atomic mass is 9.98. The van der Waals surface area contributed by atoms with Crippen LogP contribution in [0.4, 0.5) is 0 Å². The molecule has 0 amide bonds. The third-order valence-corrected chi connectivity index (χ3v) is 4.57. The highest BCUT2D eigenvalue weighted by Crippen LogP contribution is 2.36. The normalized spacial score (nSPS) is 23.6. The van der Waals surface area contributed by atoms with Crippen molar-refractivity contribution in [1.29, 1.82) is 0 Å². The number of ketones is 1. The number of unbranched alkanes of at least 4 members (excludes halogenated alkanes) is 3. The standard InChI is InChI=1S/C16H27ClO2Si/c1-5-6-7-8-9-10-11-16(19-20(2,3)4)12-14(17)15(18)13-16/h9-10,12H,5-8,11,13H2,1-4H3/b10-9-/t16-/m0/s1. The maximum atomic E-state index is 11.8. The first kappa shape index (κ1) is 17.7. The fourth-order valence-corrected chi connectivity index (χ4v) is 4.18. The van der Waals surface area contributed by atoms with Crippen LogP contribution in [0.5, 0.6) is 0 Å². The molecule has 0 aromatic carbocycles. The summed E-state index contributed by atoms with van der Waals surface area (Å²) in [5.74, 6) is 0.00398. The zero-order chi connectivity index (χ0) is 15.2. The first-order valence-corrected chi connectivity index (χ1v) is 11.3. The van der Waals surface area contributed by atoms with Gasteiger partial charge in [-0.25, -0.2) is 0 Å². The SMILES string of the molecule is CCCCC/C=C\C[C@]1(O[Si](C)(C)C)C=C(Cl)C(=O)C1. The summed E-state index contributed by atoms with van der Waals surface area (Å²) >= 11 is 5.98. The minimum Gasteiger partial charge on any atom is -0.408 e. The molecule has 2 nitrogen and oxygen atoms in total. The zero-order valence-corrected chi connectivity index (χ0v) is 14.9. The summed E-state index contributed by atoms with van der Waals surface area (Å²) in [5.41, 5.74) is -0.500. The number of hydrogen-bond donors (Lipinski definition) is 0. The van der Waals surface area contributed by atoms with Crippen LogP contribution >= 0.6 is 11.6 Å². The predicted molar refractivity (Wildman–Crippen MR) is 88.6 cm³/mol. The predicted octanol–water partition coefficient (Wildman–Crippen LogP) is 5.20. The van der Waals surface area contributed by atoms with E-state index in [2.05, 4.69) is 38.7 Å². The van der Waals surface area contributed by atoms with Crippen LogP contribution in [-0.2, 0) is 9.22 Å². The Bertz CT molecular complexity index is 396. The van der Waals surface area contributed by atoms with Crippen LogP contribution < -0.4 is 0 Å². The Kier molecular flexibility index (Phi) is 6.69. The maximum Gasteiger partial charge on any atom is 0.184 e. The largest absolute Gasteiger partial charge is 0.408 e. The summed E-state index contributed by atoms with van der Waals surface area (Å²) in [4.78, 5) is 11.8. The molecule has 1 aliphatic rings. The van der Waals surface area contributed by atoms with Crippen molar-refractivity contribution in [1.82, 2.24) is 0 Å². The van der Waals surface area contributed by atoms with Crippen LogP contribution in [0.1, 0.15) is 45.4 Å². The van der Waals surface area contributed by atoms with Crippen LogP contribution in [0.15, 0.2) is 23.3 Å². The highest BCUT2D eigenvalue weighted by Gasteiger charge is 2.40. The molecule has 20 heavy (non-hydrogen) atoms. The quantitative estimate of drug-likeness (QED) is 0.350. The van der Waals surface area contributed by atoms with E-state index in [-0.39, 0.29) is 5.78 Å². The molecule has 0 aromatic rings. The van der Waals surface area contributed by atoms with Crippen LogP contribution in [0, 0.1) is 0 Å². The summed E-state index contributed by atoms with van der Waals surface area (Å²) in [6, 6.07) is 0. The van der Waals surface area contributed by atoms with E-state index in [4.69, 9.17) is 16.0 Å². The number of hydrogen-bond acceptors (Lipinski definition) is 2. The molecular weight excluding hydrogens is 288 g/mol. The van der Waals surface area contributed by atoms with Gasteiger partial charge < -0.3 is 4.43 Å². The van der Waals surface area contributed by atoms with Gasteiger partial charge in [-0.05, 0) is 45.0 Å². The molecule has 4 heteroatoms.